The second-order valence-electron chi connectivity index (χ2n) is 5.94. The van der Waals surface area contributed by atoms with E-state index in [0.29, 0.717) is 5.56 Å². The Morgan fingerprint density at radius 3 is 2.26 bits per heavy atom. The molecule has 9 nitrogen and oxygen atoms in total. The zero-order chi connectivity index (χ0) is 20.2. The molecular weight excluding hydrogens is 378 g/mol. The summed E-state index contributed by atoms with van der Waals surface area (Å²) in [6.45, 7) is 0.139. The molecule has 0 unspecified atom stereocenters. The predicted molar refractivity (Wildman–Crippen MR) is 95.3 cm³/mol. The summed E-state index contributed by atoms with van der Waals surface area (Å²) in [5, 5.41) is 17.9. The highest BCUT2D eigenvalue weighted by Crippen LogP contribution is 2.38. The summed E-state index contributed by atoms with van der Waals surface area (Å²) < 4.78 is 37.8. The number of methoxy groups -OCH3 is 2. The van der Waals surface area contributed by atoms with Gasteiger partial charge >= 0.3 is 11.9 Å². The Bertz CT molecular complexity index is 854. The van der Waals surface area contributed by atoms with Gasteiger partial charge in [-0.1, -0.05) is 0 Å². The van der Waals surface area contributed by atoms with Crippen molar-refractivity contribution >= 4 is 28.0 Å². The molecule has 10 heteroatoms. The van der Waals surface area contributed by atoms with Gasteiger partial charge < -0.3 is 19.7 Å². The summed E-state index contributed by atoms with van der Waals surface area (Å²) in [5.74, 6) is -2.54. The number of hydrogen-bond acceptors (Lipinski definition) is 6. The summed E-state index contributed by atoms with van der Waals surface area (Å²) in [4.78, 5) is 21.7. The zero-order valence-corrected chi connectivity index (χ0v) is 15.7. The van der Waals surface area contributed by atoms with Crippen LogP contribution in [0.25, 0.3) is 6.08 Å². The monoisotopic (exact) mass is 399 g/mol. The third-order valence-corrected chi connectivity index (χ3v) is 6.21. The first kappa shape index (κ1) is 20.7. The van der Waals surface area contributed by atoms with E-state index in [1.165, 1.54) is 36.7 Å². The maximum atomic E-state index is 13.1. The fourth-order valence-electron chi connectivity index (χ4n) is 2.89. The molecular formula is C17H21NO8S. The Morgan fingerprint density at radius 2 is 1.78 bits per heavy atom. The second-order valence-corrected chi connectivity index (χ2v) is 7.85. The normalized spacial score (nSPS) is 16.4. The lowest BCUT2D eigenvalue weighted by Crippen LogP contribution is -2.40. The molecule has 2 N–H and O–H groups in total. The van der Waals surface area contributed by atoms with Crippen LogP contribution in [-0.2, 0) is 19.6 Å². The van der Waals surface area contributed by atoms with E-state index >= 15 is 0 Å². The van der Waals surface area contributed by atoms with Gasteiger partial charge in [-0.3, -0.25) is 4.79 Å². The number of nitrogens with zero attached hydrogens (tertiary/aromatic N) is 1. The van der Waals surface area contributed by atoms with Crippen molar-refractivity contribution in [2.75, 3.05) is 27.3 Å². The molecule has 0 atom stereocenters. The topological polar surface area (TPSA) is 130 Å². The summed E-state index contributed by atoms with van der Waals surface area (Å²) in [7, 11) is -1.34. The number of carboxylic acids is 2. The van der Waals surface area contributed by atoms with Crippen molar-refractivity contribution in [2.45, 2.75) is 17.7 Å². The smallest absolute Gasteiger partial charge is 0.328 e. The van der Waals surface area contributed by atoms with Gasteiger partial charge in [-0.05, 0) is 36.6 Å². The third-order valence-electron chi connectivity index (χ3n) is 4.31. The molecule has 0 radical (unpaired) electrons. The van der Waals surface area contributed by atoms with Gasteiger partial charge in [0.05, 0.1) is 20.1 Å². The summed E-state index contributed by atoms with van der Waals surface area (Å²) in [6.07, 6.45) is 2.56. The molecule has 1 aliphatic heterocycles. The number of ether oxygens (including phenoxy) is 2. The van der Waals surface area contributed by atoms with E-state index in [0.717, 1.165) is 6.08 Å². The molecule has 0 saturated carbocycles. The van der Waals surface area contributed by atoms with Crippen LogP contribution in [0.4, 0.5) is 0 Å². The van der Waals surface area contributed by atoms with E-state index in [9.17, 15) is 18.0 Å². The van der Waals surface area contributed by atoms with Crippen molar-refractivity contribution in [1.82, 2.24) is 4.31 Å². The number of carboxylic acid groups (broad SMARTS) is 2. The highest BCUT2D eigenvalue weighted by atomic mass is 32.2. The van der Waals surface area contributed by atoms with Gasteiger partial charge in [-0.25, -0.2) is 13.2 Å². The van der Waals surface area contributed by atoms with Crippen molar-refractivity contribution in [3.63, 3.8) is 0 Å². The van der Waals surface area contributed by atoms with E-state index in [1.54, 1.807) is 0 Å². The molecule has 1 aromatic rings. The fourth-order valence-corrected chi connectivity index (χ4v) is 4.56. The number of aliphatic carboxylic acids is 2. The van der Waals surface area contributed by atoms with Gasteiger partial charge in [0.15, 0.2) is 11.5 Å². The van der Waals surface area contributed by atoms with Gasteiger partial charge in [0.2, 0.25) is 10.0 Å². The summed E-state index contributed by atoms with van der Waals surface area (Å²) in [5.41, 5.74) is 0.314. The van der Waals surface area contributed by atoms with Crippen molar-refractivity contribution in [1.29, 1.82) is 0 Å². The zero-order valence-electron chi connectivity index (χ0n) is 14.9. The first-order chi connectivity index (χ1) is 12.7. The van der Waals surface area contributed by atoms with Crippen LogP contribution in [0.1, 0.15) is 18.4 Å². The number of hydrogen-bond donors (Lipinski definition) is 2. The van der Waals surface area contributed by atoms with E-state index in [2.05, 4.69) is 0 Å². The van der Waals surface area contributed by atoms with Crippen LogP contribution in [0, 0.1) is 5.92 Å². The van der Waals surface area contributed by atoms with Gasteiger partial charge in [0.1, 0.15) is 4.90 Å². The predicted octanol–water partition coefficient (Wildman–Crippen LogP) is 1.29. The number of sulfonamides is 1. The molecule has 0 amide bonds. The largest absolute Gasteiger partial charge is 0.493 e. The standard InChI is InChI=1S/C17H21NO8S/c1-25-13-9-11(3-4-15(19)20)10-14(16(13)26-2)27(23,24)18-7-5-12(6-8-18)17(21)22/h3-4,9-10,12H,5-8H2,1-2H3,(H,19,20)(H,21,22). The van der Waals surface area contributed by atoms with Gasteiger partial charge in [-0.2, -0.15) is 4.31 Å². The van der Waals surface area contributed by atoms with E-state index in [1.807, 2.05) is 0 Å². The molecule has 1 aliphatic rings. The Kier molecular flexibility index (Phi) is 6.45. The third kappa shape index (κ3) is 4.58. The molecule has 0 bridgehead atoms. The minimum atomic E-state index is -3.99. The van der Waals surface area contributed by atoms with Gasteiger partial charge in [0.25, 0.3) is 0 Å². The van der Waals surface area contributed by atoms with Crippen LogP contribution in [0.3, 0.4) is 0 Å². The molecule has 148 valence electrons. The Balaban J connectivity index is 2.46. The van der Waals surface area contributed by atoms with Crippen LogP contribution in [-0.4, -0.2) is 62.2 Å². The molecule has 0 spiro atoms. The van der Waals surface area contributed by atoms with Crippen LogP contribution in [0.5, 0.6) is 11.5 Å². The number of benzene rings is 1. The van der Waals surface area contributed by atoms with Gasteiger partial charge in [0, 0.05) is 19.2 Å². The molecule has 2 rings (SSSR count). The fraction of sp³-hybridized carbons (Fsp3) is 0.412. The average Bonchev–Trinajstić information content (AvgIpc) is 2.65. The first-order valence-electron chi connectivity index (χ1n) is 8.10. The van der Waals surface area contributed by atoms with Crippen LogP contribution >= 0.6 is 0 Å². The molecule has 27 heavy (non-hydrogen) atoms. The Hall–Kier alpha value is -2.59. The molecule has 1 fully saturated rings. The first-order valence-corrected chi connectivity index (χ1v) is 9.54. The highest BCUT2D eigenvalue weighted by Gasteiger charge is 2.34. The van der Waals surface area contributed by atoms with Gasteiger partial charge in [-0.15, -0.1) is 0 Å². The minimum absolute atomic E-state index is 0.00494. The van der Waals surface area contributed by atoms with Crippen molar-refractivity contribution in [2.24, 2.45) is 5.92 Å². The second kappa shape index (κ2) is 8.40. The molecule has 1 saturated heterocycles. The Morgan fingerprint density at radius 1 is 1.15 bits per heavy atom. The average molecular weight is 399 g/mol. The SMILES string of the molecule is COc1cc(C=CC(=O)O)cc(S(=O)(=O)N2CCC(C(=O)O)CC2)c1OC. The molecule has 1 heterocycles. The van der Waals surface area contributed by atoms with Crippen molar-refractivity contribution in [3.05, 3.63) is 23.8 Å². The Labute approximate surface area is 156 Å². The van der Waals surface area contributed by atoms with Crippen LogP contribution in [0.15, 0.2) is 23.1 Å². The van der Waals surface area contributed by atoms with E-state index < -0.39 is 27.9 Å². The maximum absolute atomic E-state index is 13.1. The lowest BCUT2D eigenvalue weighted by molar-refractivity contribution is -0.143. The molecule has 1 aromatic carbocycles. The molecule has 0 aromatic heterocycles. The van der Waals surface area contributed by atoms with Crippen LogP contribution in [0.2, 0.25) is 0 Å². The quantitative estimate of drug-likeness (QED) is 0.656. The molecule has 0 aliphatic carbocycles. The lowest BCUT2D eigenvalue weighted by Gasteiger charge is -2.30. The van der Waals surface area contributed by atoms with Crippen molar-refractivity contribution in [3.8, 4) is 11.5 Å². The highest BCUT2D eigenvalue weighted by molar-refractivity contribution is 7.89. The van der Waals surface area contributed by atoms with Crippen molar-refractivity contribution < 1.29 is 37.7 Å². The minimum Gasteiger partial charge on any atom is -0.493 e. The van der Waals surface area contributed by atoms with E-state index in [4.69, 9.17) is 19.7 Å². The number of piperidine rings is 1. The number of rotatable bonds is 7. The lowest BCUT2D eigenvalue weighted by atomic mass is 9.99. The van der Waals surface area contributed by atoms with E-state index in [-0.39, 0.29) is 42.3 Å². The maximum Gasteiger partial charge on any atom is 0.328 e. The summed E-state index contributed by atoms with van der Waals surface area (Å²) >= 11 is 0. The van der Waals surface area contributed by atoms with Crippen LogP contribution < -0.4 is 9.47 Å². The number of carbonyl (C=O) groups is 2. The summed E-state index contributed by atoms with van der Waals surface area (Å²) in [6, 6.07) is 2.77.